The molecule has 1 atom stereocenters. The highest BCUT2D eigenvalue weighted by molar-refractivity contribution is 5.87. The predicted octanol–water partition coefficient (Wildman–Crippen LogP) is 3.44. The van der Waals surface area contributed by atoms with Crippen LogP contribution in [-0.4, -0.2) is 29.8 Å². The van der Waals surface area contributed by atoms with Crippen molar-refractivity contribution >= 4 is 5.91 Å². The van der Waals surface area contributed by atoms with Crippen LogP contribution in [0, 0.1) is 5.41 Å². The summed E-state index contributed by atoms with van der Waals surface area (Å²) in [5.74, 6) is -2.73. The van der Waals surface area contributed by atoms with Crippen LogP contribution >= 0.6 is 0 Å². The number of hydrogen-bond donors (Lipinski definition) is 0. The maximum absolute atomic E-state index is 13.3. The Morgan fingerprint density at radius 3 is 2.25 bits per heavy atom. The summed E-state index contributed by atoms with van der Waals surface area (Å²) in [5, 5.41) is 0. The third-order valence-electron chi connectivity index (χ3n) is 4.78. The van der Waals surface area contributed by atoms with E-state index in [-0.39, 0.29) is 12.3 Å². The predicted molar refractivity (Wildman–Crippen MR) is 72.7 cm³/mol. The molecule has 1 saturated carbocycles. The Morgan fingerprint density at radius 1 is 1.20 bits per heavy atom. The number of rotatable bonds is 2. The van der Waals surface area contributed by atoms with E-state index in [0.717, 1.165) is 12.8 Å². The van der Waals surface area contributed by atoms with Crippen molar-refractivity contribution in [3.05, 3.63) is 35.9 Å². The van der Waals surface area contributed by atoms with Gasteiger partial charge in [0.2, 0.25) is 5.91 Å². The number of nitrogens with zero attached hydrogens (tertiary/aromatic N) is 1. The Balaban J connectivity index is 1.61. The van der Waals surface area contributed by atoms with Gasteiger partial charge in [-0.15, -0.1) is 0 Å². The van der Waals surface area contributed by atoms with Gasteiger partial charge in [0.15, 0.2) is 0 Å². The molecule has 0 radical (unpaired) electrons. The van der Waals surface area contributed by atoms with Crippen LogP contribution < -0.4 is 0 Å². The molecule has 20 heavy (non-hydrogen) atoms. The molecular weight excluding hydrogens is 260 g/mol. The van der Waals surface area contributed by atoms with E-state index in [2.05, 4.69) is 12.1 Å². The lowest BCUT2D eigenvalue weighted by Gasteiger charge is -2.34. The molecular formula is C16H19F2NO. The SMILES string of the molecule is CC1(C(=O)N2CCC(c3ccccc3)CC2)CC1(F)F. The number of piperidine rings is 1. The van der Waals surface area contributed by atoms with Gasteiger partial charge in [0, 0.05) is 19.5 Å². The van der Waals surface area contributed by atoms with E-state index in [4.69, 9.17) is 0 Å². The molecule has 2 fully saturated rings. The van der Waals surface area contributed by atoms with Gasteiger partial charge in [-0.2, -0.15) is 0 Å². The number of carbonyl (C=O) groups is 1. The fraction of sp³-hybridized carbons (Fsp3) is 0.562. The van der Waals surface area contributed by atoms with Crippen LogP contribution in [0.25, 0.3) is 0 Å². The Kier molecular flexibility index (Phi) is 3.07. The number of amides is 1. The van der Waals surface area contributed by atoms with Crippen LogP contribution in [0.3, 0.4) is 0 Å². The second kappa shape index (κ2) is 4.54. The van der Waals surface area contributed by atoms with Crippen LogP contribution in [0.1, 0.15) is 37.7 Å². The first-order chi connectivity index (χ1) is 9.44. The molecule has 3 rings (SSSR count). The molecule has 0 N–H and O–H groups in total. The maximum atomic E-state index is 13.3. The average Bonchev–Trinajstić information content (AvgIpc) is 2.99. The first-order valence-corrected chi connectivity index (χ1v) is 7.16. The van der Waals surface area contributed by atoms with Crippen LogP contribution in [-0.2, 0) is 4.79 Å². The van der Waals surface area contributed by atoms with Crippen LogP contribution in [0.15, 0.2) is 30.3 Å². The smallest absolute Gasteiger partial charge is 0.263 e. The number of alkyl halides is 2. The van der Waals surface area contributed by atoms with Crippen molar-refractivity contribution in [2.75, 3.05) is 13.1 Å². The van der Waals surface area contributed by atoms with Crippen LogP contribution in [0.5, 0.6) is 0 Å². The molecule has 1 aromatic rings. The third kappa shape index (κ3) is 2.11. The molecule has 1 heterocycles. The zero-order chi connectivity index (χ0) is 14.4. The number of benzene rings is 1. The topological polar surface area (TPSA) is 20.3 Å². The molecule has 4 heteroatoms. The van der Waals surface area contributed by atoms with Crippen molar-refractivity contribution < 1.29 is 13.6 Å². The fourth-order valence-corrected chi connectivity index (χ4v) is 3.12. The zero-order valence-corrected chi connectivity index (χ0v) is 11.6. The normalized spacial score (nSPS) is 29.2. The fourth-order valence-electron chi connectivity index (χ4n) is 3.12. The molecule has 2 nitrogen and oxygen atoms in total. The lowest BCUT2D eigenvalue weighted by Crippen LogP contribution is -2.43. The third-order valence-corrected chi connectivity index (χ3v) is 4.78. The second-order valence-electron chi connectivity index (χ2n) is 6.19. The first-order valence-electron chi connectivity index (χ1n) is 7.16. The molecule has 0 bridgehead atoms. The maximum Gasteiger partial charge on any atom is 0.263 e. The largest absolute Gasteiger partial charge is 0.342 e. The Morgan fingerprint density at radius 2 is 1.75 bits per heavy atom. The summed E-state index contributed by atoms with van der Waals surface area (Å²) < 4.78 is 26.6. The van der Waals surface area contributed by atoms with Gasteiger partial charge in [0.1, 0.15) is 5.41 Å². The van der Waals surface area contributed by atoms with Gasteiger partial charge < -0.3 is 4.90 Å². The van der Waals surface area contributed by atoms with Crippen molar-refractivity contribution in [2.45, 2.75) is 38.0 Å². The number of likely N-dealkylation sites (tertiary alicyclic amines) is 1. The highest BCUT2D eigenvalue weighted by Gasteiger charge is 2.73. The Hall–Kier alpha value is -1.45. The summed E-state index contributed by atoms with van der Waals surface area (Å²) in [6.07, 6.45) is 1.42. The van der Waals surface area contributed by atoms with Gasteiger partial charge in [0.05, 0.1) is 0 Å². The molecule has 2 aliphatic rings. The van der Waals surface area contributed by atoms with Crippen molar-refractivity contribution in [3.8, 4) is 0 Å². The zero-order valence-electron chi connectivity index (χ0n) is 11.6. The lowest BCUT2D eigenvalue weighted by molar-refractivity contribution is -0.141. The monoisotopic (exact) mass is 279 g/mol. The molecule has 1 unspecified atom stereocenters. The second-order valence-corrected chi connectivity index (χ2v) is 6.19. The molecule has 1 aliphatic heterocycles. The van der Waals surface area contributed by atoms with E-state index in [1.165, 1.54) is 12.5 Å². The van der Waals surface area contributed by atoms with Crippen molar-refractivity contribution in [2.24, 2.45) is 5.41 Å². The molecule has 1 aromatic carbocycles. The number of halogens is 2. The Labute approximate surface area is 117 Å². The standard InChI is InChI=1S/C16H19F2NO/c1-15(11-16(15,17)18)14(20)19-9-7-13(8-10-19)12-5-3-2-4-6-12/h2-6,13H,7-11H2,1H3. The summed E-state index contributed by atoms with van der Waals surface area (Å²) in [7, 11) is 0. The highest BCUT2D eigenvalue weighted by atomic mass is 19.3. The van der Waals surface area contributed by atoms with Crippen LogP contribution in [0.2, 0.25) is 0 Å². The molecule has 0 aromatic heterocycles. The Bertz CT molecular complexity index is 508. The van der Waals surface area contributed by atoms with Gasteiger partial charge in [0.25, 0.3) is 5.92 Å². The van der Waals surface area contributed by atoms with E-state index >= 15 is 0 Å². The summed E-state index contributed by atoms with van der Waals surface area (Å²) in [6.45, 7) is 2.56. The van der Waals surface area contributed by atoms with E-state index in [0.29, 0.717) is 19.0 Å². The summed E-state index contributed by atoms with van der Waals surface area (Å²) in [5.41, 5.74) is -0.158. The minimum Gasteiger partial charge on any atom is -0.342 e. The van der Waals surface area contributed by atoms with Crippen LogP contribution in [0.4, 0.5) is 8.78 Å². The minimum absolute atomic E-state index is 0.294. The van der Waals surface area contributed by atoms with Gasteiger partial charge in [-0.25, -0.2) is 8.78 Å². The van der Waals surface area contributed by atoms with Gasteiger partial charge >= 0.3 is 0 Å². The lowest BCUT2D eigenvalue weighted by atomic mass is 9.89. The average molecular weight is 279 g/mol. The van der Waals surface area contributed by atoms with E-state index in [1.54, 1.807) is 4.90 Å². The molecule has 0 spiro atoms. The summed E-state index contributed by atoms with van der Waals surface area (Å²) in [6, 6.07) is 10.2. The first kappa shape index (κ1) is 13.5. The minimum atomic E-state index is -2.81. The quantitative estimate of drug-likeness (QED) is 0.812. The summed E-state index contributed by atoms with van der Waals surface area (Å²) >= 11 is 0. The molecule has 1 amide bonds. The van der Waals surface area contributed by atoms with Gasteiger partial charge in [-0.1, -0.05) is 30.3 Å². The molecule has 1 saturated heterocycles. The van der Waals surface area contributed by atoms with E-state index < -0.39 is 11.3 Å². The van der Waals surface area contributed by atoms with Gasteiger partial charge in [-0.05, 0) is 31.2 Å². The molecule has 1 aliphatic carbocycles. The van der Waals surface area contributed by atoms with Crippen molar-refractivity contribution in [1.82, 2.24) is 4.90 Å². The number of carbonyl (C=O) groups excluding carboxylic acids is 1. The number of hydrogen-bond acceptors (Lipinski definition) is 1. The summed E-state index contributed by atoms with van der Waals surface area (Å²) in [4.78, 5) is 13.8. The molecule has 108 valence electrons. The van der Waals surface area contributed by atoms with Crippen molar-refractivity contribution in [3.63, 3.8) is 0 Å². The van der Waals surface area contributed by atoms with E-state index in [9.17, 15) is 13.6 Å². The highest BCUT2D eigenvalue weighted by Crippen LogP contribution is 2.61. The van der Waals surface area contributed by atoms with Crippen molar-refractivity contribution in [1.29, 1.82) is 0 Å². The van der Waals surface area contributed by atoms with E-state index in [1.807, 2.05) is 18.2 Å². The van der Waals surface area contributed by atoms with Gasteiger partial charge in [-0.3, -0.25) is 4.79 Å².